The molecule has 2 aromatic carbocycles. The minimum Gasteiger partial charge on any atom is -0.394 e. The van der Waals surface area contributed by atoms with Gasteiger partial charge in [0, 0.05) is 19.2 Å². The van der Waals surface area contributed by atoms with Gasteiger partial charge >= 0.3 is 0 Å². The van der Waals surface area contributed by atoms with Gasteiger partial charge in [-0.2, -0.15) is 0 Å². The zero-order chi connectivity index (χ0) is 18.7. The molecular weight excluding hydrogens is 352 g/mol. The lowest BCUT2D eigenvalue weighted by Gasteiger charge is -2.23. The van der Waals surface area contributed by atoms with E-state index in [2.05, 4.69) is 5.32 Å². The van der Waals surface area contributed by atoms with E-state index >= 15 is 0 Å². The molecule has 0 saturated carbocycles. The van der Waals surface area contributed by atoms with E-state index in [0.29, 0.717) is 22.7 Å². The molecule has 0 unspecified atom stereocenters. The molecule has 2 aromatic rings. The SMILES string of the molecule is CNC(=O)c1cc(-c2cccc(C(=O)N3CCC[C@H]3CO)c2)ccc1Cl. The molecule has 2 amide bonds. The lowest BCUT2D eigenvalue weighted by atomic mass is 10.00. The molecule has 0 aliphatic carbocycles. The van der Waals surface area contributed by atoms with Crippen molar-refractivity contribution in [1.82, 2.24) is 10.2 Å². The number of carbonyl (C=O) groups is 2. The Bertz CT molecular complexity index is 838. The van der Waals surface area contributed by atoms with Gasteiger partial charge in [-0.05, 0) is 48.2 Å². The molecule has 1 heterocycles. The maximum atomic E-state index is 12.8. The second-order valence-corrected chi connectivity index (χ2v) is 6.74. The Balaban J connectivity index is 1.93. The first-order valence-corrected chi connectivity index (χ1v) is 8.97. The van der Waals surface area contributed by atoms with Crippen LogP contribution in [0.1, 0.15) is 33.6 Å². The van der Waals surface area contributed by atoms with Crippen LogP contribution in [0.3, 0.4) is 0 Å². The number of likely N-dealkylation sites (tertiary alicyclic amines) is 1. The molecule has 1 aliphatic rings. The lowest BCUT2D eigenvalue weighted by Crippen LogP contribution is -2.37. The van der Waals surface area contributed by atoms with Crippen molar-refractivity contribution in [2.75, 3.05) is 20.2 Å². The number of hydrogen-bond acceptors (Lipinski definition) is 3. The Morgan fingerprint density at radius 2 is 2.00 bits per heavy atom. The molecule has 6 heteroatoms. The Labute approximate surface area is 157 Å². The molecule has 26 heavy (non-hydrogen) atoms. The predicted molar refractivity (Wildman–Crippen MR) is 101 cm³/mol. The van der Waals surface area contributed by atoms with Gasteiger partial charge in [0.2, 0.25) is 0 Å². The molecular formula is C20H21ClN2O3. The molecule has 0 radical (unpaired) electrons. The molecule has 5 nitrogen and oxygen atoms in total. The minimum atomic E-state index is -0.257. The number of amides is 2. The van der Waals surface area contributed by atoms with E-state index in [1.165, 1.54) is 0 Å². The van der Waals surface area contributed by atoms with E-state index in [9.17, 15) is 14.7 Å². The molecule has 0 bridgehead atoms. The van der Waals surface area contributed by atoms with Crippen molar-refractivity contribution in [3.63, 3.8) is 0 Å². The maximum Gasteiger partial charge on any atom is 0.254 e. The maximum absolute atomic E-state index is 12.8. The standard InChI is InChI=1S/C20H21ClN2O3/c1-22-19(25)17-11-14(7-8-18(17)21)13-4-2-5-15(10-13)20(26)23-9-3-6-16(23)12-24/h2,4-5,7-8,10-11,16,24H,3,6,9,12H2,1H3,(H,22,25)/t16-/m0/s1. The molecule has 0 aromatic heterocycles. The molecule has 1 saturated heterocycles. The van der Waals surface area contributed by atoms with Crippen LogP contribution in [0.4, 0.5) is 0 Å². The lowest BCUT2D eigenvalue weighted by molar-refractivity contribution is 0.0677. The quantitative estimate of drug-likeness (QED) is 0.866. The Kier molecular flexibility index (Phi) is 5.59. The summed E-state index contributed by atoms with van der Waals surface area (Å²) < 4.78 is 0. The smallest absolute Gasteiger partial charge is 0.254 e. The monoisotopic (exact) mass is 372 g/mol. The zero-order valence-corrected chi connectivity index (χ0v) is 15.3. The third-order valence-corrected chi connectivity index (χ3v) is 5.06. The number of rotatable bonds is 4. The summed E-state index contributed by atoms with van der Waals surface area (Å²) in [5, 5.41) is 12.4. The van der Waals surface area contributed by atoms with Crippen LogP contribution in [0.2, 0.25) is 5.02 Å². The van der Waals surface area contributed by atoms with Crippen molar-refractivity contribution in [3.05, 3.63) is 58.6 Å². The topological polar surface area (TPSA) is 69.6 Å². The number of benzene rings is 2. The molecule has 0 spiro atoms. The first-order valence-electron chi connectivity index (χ1n) is 8.59. The fourth-order valence-electron chi connectivity index (χ4n) is 3.30. The van der Waals surface area contributed by atoms with Gasteiger partial charge in [-0.1, -0.05) is 29.8 Å². The number of aliphatic hydroxyl groups excluding tert-OH is 1. The van der Waals surface area contributed by atoms with Gasteiger partial charge in [0.1, 0.15) is 0 Å². The van der Waals surface area contributed by atoms with Crippen LogP contribution in [-0.4, -0.2) is 48.1 Å². The van der Waals surface area contributed by atoms with E-state index in [0.717, 1.165) is 24.0 Å². The van der Waals surface area contributed by atoms with Crippen LogP contribution >= 0.6 is 11.6 Å². The summed E-state index contributed by atoms with van der Waals surface area (Å²) in [5.41, 5.74) is 2.60. The first kappa shape index (κ1) is 18.4. The third-order valence-electron chi connectivity index (χ3n) is 4.73. The van der Waals surface area contributed by atoms with Gasteiger partial charge < -0.3 is 15.3 Å². The summed E-state index contributed by atoms with van der Waals surface area (Å²) in [4.78, 5) is 26.5. The van der Waals surface area contributed by atoms with Gasteiger partial charge in [0.15, 0.2) is 0 Å². The molecule has 2 N–H and O–H groups in total. The molecule has 3 rings (SSSR count). The second kappa shape index (κ2) is 7.89. The molecule has 1 aliphatic heterocycles. The minimum absolute atomic E-state index is 0.0158. The van der Waals surface area contributed by atoms with Gasteiger partial charge in [-0.15, -0.1) is 0 Å². The zero-order valence-electron chi connectivity index (χ0n) is 14.5. The number of halogens is 1. The largest absolute Gasteiger partial charge is 0.394 e. The fourth-order valence-corrected chi connectivity index (χ4v) is 3.51. The van der Waals surface area contributed by atoms with Crippen LogP contribution in [0.15, 0.2) is 42.5 Å². The number of nitrogens with one attached hydrogen (secondary N) is 1. The van der Waals surface area contributed by atoms with E-state index in [1.54, 1.807) is 30.1 Å². The summed E-state index contributed by atoms with van der Waals surface area (Å²) in [5.74, 6) is -0.337. The van der Waals surface area contributed by atoms with Gasteiger partial charge in [0.05, 0.1) is 23.2 Å². The molecule has 1 atom stereocenters. The van der Waals surface area contributed by atoms with Crippen molar-refractivity contribution in [1.29, 1.82) is 0 Å². The highest BCUT2D eigenvalue weighted by molar-refractivity contribution is 6.34. The average Bonchev–Trinajstić information content (AvgIpc) is 3.16. The number of nitrogens with zero attached hydrogens (tertiary/aromatic N) is 1. The van der Waals surface area contributed by atoms with E-state index in [4.69, 9.17) is 11.6 Å². The fraction of sp³-hybridized carbons (Fsp3) is 0.300. The van der Waals surface area contributed by atoms with Crippen LogP contribution in [0, 0.1) is 0 Å². The van der Waals surface area contributed by atoms with Crippen LogP contribution in [-0.2, 0) is 0 Å². The van der Waals surface area contributed by atoms with Crippen molar-refractivity contribution < 1.29 is 14.7 Å². The summed E-state index contributed by atoms with van der Waals surface area (Å²) in [6.07, 6.45) is 1.73. The van der Waals surface area contributed by atoms with Crippen LogP contribution < -0.4 is 5.32 Å². The summed E-state index contributed by atoms with van der Waals surface area (Å²) in [7, 11) is 1.55. The highest BCUT2D eigenvalue weighted by Crippen LogP contribution is 2.27. The van der Waals surface area contributed by atoms with Crippen LogP contribution in [0.5, 0.6) is 0 Å². The van der Waals surface area contributed by atoms with Crippen molar-refractivity contribution >= 4 is 23.4 Å². The van der Waals surface area contributed by atoms with Crippen molar-refractivity contribution in [3.8, 4) is 11.1 Å². The Morgan fingerprint density at radius 3 is 2.73 bits per heavy atom. The normalized spacial score (nSPS) is 16.6. The van der Waals surface area contributed by atoms with Gasteiger partial charge in [0.25, 0.3) is 11.8 Å². The van der Waals surface area contributed by atoms with E-state index < -0.39 is 0 Å². The third kappa shape index (κ3) is 3.59. The van der Waals surface area contributed by atoms with Crippen molar-refractivity contribution in [2.24, 2.45) is 0 Å². The summed E-state index contributed by atoms with van der Waals surface area (Å²) in [6, 6.07) is 12.4. The van der Waals surface area contributed by atoms with Gasteiger partial charge in [-0.25, -0.2) is 0 Å². The average molecular weight is 373 g/mol. The number of aliphatic hydroxyl groups is 1. The molecule has 1 fully saturated rings. The first-order chi connectivity index (χ1) is 12.5. The highest BCUT2D eigenvalue weighted by atomic mass is 35.5. The van der Waals surface area contributed by atoms with Gasteiger partial charge in [-0.3, -0.25) is 9.59 Å². The highest BCUT2D eigenvalue weighted by Gasteiger charge is 2.28. The summed E-state index contributed by atoms with van der Waals surface area (Å²) in [6.45, 7) is 0.647. The van der Waals surface area contributed by atoms with Crippen LogP contribution in [0.25, 0.3) is 11.1 Å². The Hall–Kier alpha value is -2.37. The predicted octanol–water partition coefficient (Wildman–Crippen LogP) is 2.96. The van der Waals surface area contributed by atoms with Crippen molar-refractivity contribution in [2.45, 2.75) is 18.9 Å². The Morgan fingerprint density at radius 1 is 1.23 bits per heavy atom. The molecule has 136 valence electrons. The number of carbonyl (C=O) groups excluding carboxylic acids is 2. The number of hydrogen-bond donors (Lipinski definition) is 2. The van der Waals surface area contributed by atoms with E-state index in [1.807, 2.05) is 24.3 Å². The van der Waals surface area contributed by atoms with E-state index in [-0.39, 0.29) is 24.5 Å². The summed E-state index contributed by atoms with van der Waals surface area (Å²) >= 11 is 6.11. The second-order valence-electron chi connectivity index (χ2n) is 6.33.